The summed E-state index contributed by atoms with van der Waals surface area (Å²) in [4.78, 5) is 22.1. The summed E-state index contributed by atoms with van der Waals surface area (Å²) < 4.78 is 0. The normalized spacial score (nSPS) is 11.8. The van der Waals surface area contributed by atoms with Gasteiger partial charge >= 0.3 is 5.97 Å². The van der Waals surface area contributed by atoms with E-state index in [2.05, 4.69) is 5.32 Å². The van der Waals surface area contributed by atoms with Crippen LogP contribution in [-0.2, 0) is 9.59 Å². The van der Waals surface area contributed by atoms with E-state index in [0.717, 1.165) is 0 Å². The molecule has 0 saturated heterocycles. The number of carboxylic acid groups (broad SMARTS) is 1. The Morgan fingerprint density at radius 2 is 1.88 bits per heavy atom. The van der Waals surface area contributed by atoms with Crippen LogP contribution in [0.1, 0.15) is 24.9 Å². The molecule has 0 aromatic heterocycles. The van der Waals surface area contributed by atoms with Crippen LogP contribution in [0.3, 0.4) is 0 Å². The number of aromatic hydroxyl groups is 1. The lowest BCUT2D eigenvalue weighted by atomic mass is 10.1. The van der Waals surface area contributed by atoms with Crippen molar-refractivity contribution in [2.75, 3.05) is 0 Å². The van der Waals surface area contributed by atoms with Crippen LogP contribution in [0.15, 0.2) is 24.3 Å². The highest BCUT2D eigenvalue weighted by Crippen LogP contribution is 2.17. The van der Waals surface area contributed by atoms with Crippen molar-refractivity contribution in [2.45, 2.75) is 19.4 Å². The van der Waals surface area contributed by atoms with Crippen LogP contribution in [0.2, 0.25) is 0 Å². The Hall–Kier alpha value is -2.04. The Kier molecular flexibility index (Phi) is 3.88. The van der Waals surface area contributed by atoms with E-state index < -0.39 is 12.0 Å². The van der Waals surface area contributed by atoms with Gasteiger partial charge < -0.3 is 15.5 Å². The van der Waals surface area contributed by atoms with Crippen LogP contribution in [0.5, 0.6) is 5.75 Å². The Bertz CT molecular complexity index is 385. The van der Waals surface area contributed by atoms with Gasteiger partial charge in [-0.3, -0.25) is 4.79 Å². The van der Waals surface area contributed by atoms with Crippen LogP contribution in [0.4, 0.5) is 0 Å². The average molecular weight is 223 g/mol. The van der Waals surface area contributed by atoms with Crippen molar-refractivity contribution in [3.05, 3.63) is 29.8 Å². The number of amides is 1. The molecular formula is C11H13NO4. The number of rotatable bonds is 4. The molecule has 1 unspecified atom stereocenters. The summed E-state index contributed by atoms with van der Waals surface area (Å²) in [7, 11) is 0. The summed E-state index contributed by atoms with van der Waals surface area (Å²) in [6.07, 6.45) is 0.224. The highest BCUT2D eigenvalue weighted by Gasteiger charge is 2.21. The van der Waals surface area contributed by atoms with E-state index >= 15 is 0 Å². The van der Waals surface area contributed by atoms with Gasteiger partial charge in [0.05, 0.1) is 0 Å². The van der Waals surface area contributed by atoms with Crippen LogP contribution in [-0.4, -0.2) is 22.1 Å². The standard InChI is InChI=1S/C11H13NO4/c1-2-9(14)12-10(11(15)16)7-3-5-8(13)6-4-7/h3-6,10,13H,2H2,1H3,(H,12,14)(H,15,16). The highest BCUT2D eigenvalue weighted by molar-refractivity contribution is 5.84. The molecule has 5 nitrogen and oxygen atoms in total. The smallest absolute Gasteiger partial charge is 0.330 e. The molecule has 0 radical (unpaired) electrons. The number of aliphatic carboxylic acids is 1. The van der Waals surface area contributed by atoms with Crippen molar-refractivity contribution in [3.8, 4) is 5.75 Å². The van der Waals surface area contributed by atoms with Crippen LogP contribution in [0.25, 0.3) is 0 Å². The molecule has 16 heavy (non-hydrogen) atoms. The van der Waals surface area contributed by atoms with Crippen LogP contribution >= 0.6 is 0 Å². The summed E-state index contributed by atoms with van der Waals surface area (Å²) in [5, 5.41) is 20.4. The first-order valence-corrected chi connectivity index (χ1v) is 4.85. The number of carbonyl (C=O) groups excluding carboxylic acids is 1. The molecule has 0 bridgehead atoms. The zero-order chi connectivity index (χ0) is 12.1. The Morgan fingerprint density at radius 1 is 1.31 bits per heavy atom. The highest BCUT2D eigenvalue weighted by atomic mass is 16.4. The summed E-state index contributed by atoms with van der Waals surface area (Å²) in [6.45, 7) is 1.64. The molecule has 0 aliphatic rings. The van der Waals surface area contributed by atoms with Gasteiger partial charge in [0.25, 0.3) is 0 Å². The monoisotopic (exact) mass is 223 g/mol. The quantitative estimate of drug-likeness (QED) is 0.711. The second-order valence-corrected chi connectivity index (χ2v) is 3.28. The number of carbonyl (C=O) groups is 2. The van der Waals surface area contributed by atoms with E-state index in [4.69, 9.17) is 10.2 Å². The first kappa shape index (κ1) is 12.0. The molecule has 1 aromatic carbocycles. The number of hydrogen-bond acceptors (Lipinski definition) is 3. The van der Waals surface area contributed by atoms with Crippen molar-refractivity contribution in [3.63, 3.8) is 0 Å². The Labute approximate surface area is 92.7 Å². The molecule has 1 aromatic rings. The maximum absolute atomic E-state index is 11.1. The van der Waals surface area contributed by atoms with Gasteiger partial charge in [-0.2, -0.15) is 0 Å². The summed E-state index contributed by atoms with van der Waals surface area (Å²) >= 11 is 0. The van der Waals surface area contributed by atoms with Gasteiger partial charge in [0.15, 0.2) is 6.04 Å². The number of benzene rings is 1. The maximum atomic E-state index is 11.1. The first-order valence-electron chi connectivity index (χ1n) is 4.85. The summed E-state index contributed by atoms with van der Waals surface area (Å²) in [6, 6.07) is 4.61. The summed E-state index contributed by atoms with van der Waals surface area (Å²) in [5.41, 5.74) is 0.423. The van der Waals surface area contributed by atoms with Gasteiger partial charge in [-0.05, 0) is 17.7 Å². The lowest BCUT2D eigenvalue weighted by molar-refractivity contribution is -0.142. The second kappa shape index (κ2) is 5.16. The Balaban J connectivity index is 2.89. The van der Waals surface area contributed by atoms with Gasteiger partial charge in [0, 0.05) is 6.42 Å². The molecule has 5 heteroatoms. The van der Waals surface area contributed by atoms with E-state index in [-0.39, 0.29) is 18.1 Å². The van der Waals surface area contributed by atoms with Crippen molar-refractivity contribution in [2.24, 2.45) is 0 Å². The van der Waals surface area contributed by atoms with Crippen molar-refractivity contribution < 1.29 is 19.8 Å². The molecule has 1 rings (SSSR count). The number of phenolic OH excluding ortho intramolecular Hbond substituents is 1. The molecule has 0 saturated carbocycles. The van der Waals surface area contributed by atoms with Crippen molar-refractivity contribution in [1.82, 2.24) is 5.32 Å². The van der Waals surface area contributed by atoms with Crippen molar-refractivity contribution >= 4 is 11.9 Å². The second-order valence-electron chi connectivity index (χ2n) is 3.28. The average Bonchev–Trinajstić information content (AvgIpc) is 2.26. The third-order valence-electron chi connectivity index (χ3n) is 2.10. The predicted octanol–water partition coefficient (Wildman–Crippen LogP) is 1.04. The number of nitrogens with one attached hydrogen (secondary N) is 1. The lowest BCUT2D eigenvalue weighted by Crippen LogP contribution is -2.33. The molecule has 0 spiro atoms. The molecule has 0 fully saturated rings. The minimum absolute atomic E-state index is 0.0507. The largest absolute Gasteiger partial charge is 0.508 e. The van der Waals surface area contributed by atoms with E-state index in [9.17, 15) is 9.59 Å². The molecule has 0 aliphatic carbocycles. The van der Waals surface area contributed by atoms with E-state index in [1.807, 2.05) is 0 Å². The molecule has 3 N–H and O–H groups in total. The minimum Gasteiger partial charge on any atom is -0.508 e. The van der Waals surface area contributed by atoms with Gasteiger partial charge in [-0.1, -0.05) is 19.1 Å². The van der Waals surface area contributed by atoms with Gasteiger partial charge in [0.1, 0.15) is 5.75 Å². The topological polar surface area (TPSA) is 86.6 Å². The summed E-state index contributed by atoms with van der Waals surface area (Å²) in [5.74, 6) is -1.41. The van der Waals surface area contributed by atoms with Crippen molar-refractivity contribution in [1.29, 1.82) is 0 Å². The van der Waals surface area contributed by atoms with E-state index in [1.165, 1.54) is 24.3 Å². The number of phenols is 1. The lowest BCUT2D eigenvalue weighted by Gasteiger charge is -2.14. The maximum Gasteiger partial charge on any atom is 0.330 e. The van der Waals surface area contributed by atoms with Gasteiger partial charge in [-0.15, -0.1) is 0 Å². The van der Waals surface area contributed by atoms with Gasteiger partial charge in [-0.25, -0.2) is 4.79 Å². The molecule has 0 heterocycles. The molecule has 0 aliphatic heterocycles. The molecular weight excluding hydrogens is 210 g/mol. The van der Waals surface area contributed by atoms with Gasteiger partial charge in [0.2, 0.25) is 5.91 Å². The minimum atomic E-state index is -1.13. The van der Waals surface area contributed by atoms with E-state index in [1.54, 1.807) is 6.92 Å². The fourth-order valence-corrected chi connectivity index (χ4v) is 1.22. The zero-order valence-electron chi connectivity index (χ0n) is 8.80. The zero-order valence-corrected chi connectivity index (χ0v) is 8.80. The molecule has 1 amide bonds. The molecule has 1 atom stereocenters. The first-order chi connectivity index (χ1) is 7.54. The molecule has 86 valence electrons. The predicted molar refractivity (Wildman–Crippen MR) is 56.9 cm³/mol. The SMILES string of the molecule is CCC(=O)NC(C(=O)O)c1ccc(O)cc1. The van der Waals surface area contributed by atoms with Crippen LogP contribution in [0, 0.1) is 0 Å². The number of carboxylic acids is 1. The third kappa shape index (κ3) is 2.98. The Morgan fingerprint density at radius 3 is 2.31 bits per heavy atom. The fourth-order valence-electron chi connectivity index (χ4n) is 1.22. The van der Waals surface area contributed by atoms with Crippen LogP contribution < -0.4 is 5.32 Å². The van der Waals surface area contributed by atoms with E-state index in [0.29, 0.717) is 5.56 Å². The third-order valence-corrected chi connectivity index (χ3v) is 2.10. The fraction of sp³-hybridized carbons (Fsp3) is 0.273. The number of hydrogen-bond donors (Lipinski definition) is 3.